The molecule has 3 aromatic rings. The van der Waals surface area contributed by atoms with Gasteiger partial charge in [-0.15, -0.1) is 0 Å². The molecule has 9 nitrogen and oxygen atoms in total. The first kappa shape index (κ1) is 18.8. The molecule has 1 N–H and O–H groups in total. The minimum atomic E-state index is -0.483. The van der Waals surface area contributed by atoms with Crippen LogP contribution in [0.3, 0.4) is 0 Å². The summed E-state index contributed by atoms with van der Waals surface area (Å²) in [6, 6.07) is 7.43. The average molecular weight is 433 g/mol. The van der Waals surface area contributed by atoms with Gasteiger partial charge in [-0.1, -0.05) is 12.1 Å². The quantitative estimate of drug-likeness (QED) is 0.475. The Kier molecular flexibility index (Phi) is 5.36. The summed E-state index contributed by atoms with van der Waals surface area (Å²) in [5, 5.41) is 22.2. The zero-order valence-electron chi connectivity index (χ0n) is 14.7. The minimum Gasteiger partial charge on any atom is -0.324 e. The number of nitro groups is 1. The van der Waals surface area contributed by atoms with Gasteiger partial charge in [0.15, 0.2) is 0 Å². The van der Waals surface area contributed by atoms with Gasteiger partial charge in [-0.05, 0) is 47.5 Å². The lowest BCUT2D eigenvalue weighted by molar-refractivity contribution is -0.386. The van der Waals surface area contributed by atoms with Gasteiger partial charge in [0.05, 0.1) is 22.1 Å². The Hall–Kier alpha value is -3.01. The maximum atomic E-state index is 12.3. The Balaban J connectivity index is 1.69. The molecule has 140 valence electrons. The normalized spacial score (nSPS) is 10.8. The van der Waals surface area contributed by atoms with E-state index in [1.54, 1.807) is 30.8 Å². The Morgan fingerprint density at radius 2 is 2.15 bits per heavy atom. The molecule has 0 fully saturated rings. The molecule has 0 spiro atoms. The monoisotopic (exact) mass is 432 g/mol. The van der Waals surface area contributed by atoms with Crippen molar-refractivity contribution in [3.05, 3.63) is 68.2 Å². The summed E-state index contributed by atoms with van der Waals surface area (Å²) in [5.74, 6) is -0.311. The number of hydrogen-bond acceptors (Lipinski definition) is 5. The molecule has 0 saturated heterocycles. The lowest BCUT2D eigenvalue weighted by atomic mass is 10.2. The molecule has 0 saturated carbocycles. The van der Waals surface area contributed by atoms with Gasteiger partial charge in [-0.25, -0.2) is 0 Å². The molecule has 0 unspecified atom stereocenters. The molecule has 10 heteroatoms. The highest BCUT2D eigenvalue weighted by atomic mass is 79.9. The van der Waals surface area contributed by atoms with Crippen LogP contribution in [0.5, 0.6) is 0 Å². The fourth-order valence-corrected chi connectivity index (χ4v) is 3.13. The van der Waals surface area contributed by atoms with Crippen LogP contribution in [0.2, 0.25) is 0 Å². The van der Waals surface area contributed by atoms with E-state index in [0.717, 1.165) is 10.0 Å². The van der Waals surface area contributed by atoms with Gasteiger partial charge < -0.3 is 5.32 Å². The van der Waals surface area contributed by atoms with Gasteiger partial charge >= 0.3 is 5.69 Å². The van der Waals surface area contributed by atoms with E-state index in [1.807, 2.05) is 24.4 Å². The first-order valence-corrected chi connectivity index (χ1v) is 8.88. The number of amides is 1. The molecule has 1 amide bonds. The minimum absolute atomic E-state index is 0.0600. The second-order valence-corrected chi connectivity index (χ2v) is 6.95. The van der Waals surface area contributed by atoms with Gasteiger partial charge in [0, 0.05) is 11.9 Å². The highest BCUT2D eigenvalue weighted by Crippen LogP contribution is 2.21. The van der Waals surface area contributed by atoms with Gasteiger partial charge in [-0.3, -0.25) is 24.3 Å². The number of anilines is 1. The molecule has 0 aliphatic carbocycles. The zero-order valence-corrected chi connectivity index (χ0v) is 16.3. The van der Waals surface area contributed by atoms with Crippen LogP contribution < -0.4 is 5.32 Å². The van der Waals surface area contributed by atoms with E-state index >= 15 is 0 Å². The predicted molar refractivity (Wildman–Crippen MR) is 102 cm³/mol. The standard InChI is InChI=1S/C17H17BrN6O3/c1-11-17(24(26)27)12(2)23(21-11)10-16(25)20-15-5-3-4-13(6-15)8-22-9-14(18)7-19-22/h3-7,9H,8,10H2,1-2H3,(H,20,25). The Labute approximate surface area is 163 Å². The second-order valence-electron chi connectivity index (χ2n) is 6.04. The van der Waals surface area contributed by atoms with Gasteiger partial charge in [0.25, 0.3) is 0 Å². The predicted octanol–water partition coefficient (Wildman–Crippen LogP) is 3.05. The smallest absolute Gasteiger partial charge is 0.312 e. The lowest BCUT2D eigenvalue weighted by Crippen LogP contribution is -2.20. The van der Waals surface area contributed by atoms with Gasteiger partial charge in [-0.2, -0.15) is 10.2 Å². The molecular formula is C17H17BrN6O3. The van der Waals surface area contributed by atoms with Crippen LogP contribution in [0.25, 0.3) is 0 Å². The number of benzene rings is 1. The maximum absolute atomic E-state index is 12.3. The summed E-state index contributed by atoms with van der Waals surface area (Å²) in [7, 11) is 0. The number of rotatable bonds is 6. The van der Waals surface area contributed by atoms with Crippen LogP contribution in [0.4, 0.5) is 11.4 Å². The second kappa shape index (κ2) is 7.70. The Morgan fingerprint density at radius 3 is 2.78 bits per heavy atom. The summed E-state index contributed by atoms with van der Waals surface area (Å²) in [6.07, 6.45) is 3.57. The topological polar surface area (TPSA) is 108 Å². The Morgan fingerprint density at radius 1 is 1.37 bits per heavy atom. The molecule has 2 aromatic heterocycles. The number of carbonyl (C=O) groups is 1. The average Bonchev–Trinajstić information content (AvgIpc) is 3.10. The third kappa shape index (κ3) is 4.40. The van der Waals surface area contributed by atoms with Crippen LogP contribution >= 0.6 is 15.9 Å². The van der Waals surface area contributed by atoms with Crippen LogP contribution in [0, 0.1) is 24.0 Å². The van der Waals surface area contributed by atoms with E-state index in [1.165, 1.54) is 4.68 Å². The molecule has 0 bridgehead atoms. The summed E-state index contributed by atoms with van der Waals surface area (Å²) in [4.78, 5) is 22.9. The number of nitrogens with one attached hydrogen (secondary N) is 1. The van der Waals surface area contributed by atoms with Crippen molar-refractivity contribution in [2.45, 2.75) is 26.9 Å². The van der Waals surface area contributed by atoms with Crippen LogP contribution in [0.1, 0.15) is 17.0 Å². The highest BCUT2D eigenvalue weighted by Gasteiger charge is 2.22. The van der Waals surface area contributed by atoms with Crippen molar-refractivity contribution < 1.29 is 9.72 Å². The number of halogens is 1. The fourth-order valence-electron chi connectivity index (χ4n) is 2.80. The van der Waals surface area contributed by atoms with Gasteiger partial charge in [0.2, 0.25) is 5.91 Å². The van der Waals surface area contributed by atoms with E-state index in [0.29, 0.717) is 17.9 Å². The highest BCUT2D eigenvalue weighted by molar-refractivity contribution is 9.10. The van der Waals surface area contributed by atoms with E-state index in [9.17, 15) is 14.9 Å². The number of aryl methyl sites for hydroxylation is 1. The van der Waals surface area contributed by atoms with E-state index in [2.05, 4.69) is 31.4 Å². The van der Waals surface area contributed by atoms with Crippen molar-refractivity contribution in [1.82, 2.24) is 19.6 Å². The van der Waals surface area contributed by atoms with Crippen molar-refractivity contribution in [1.29, 1.82) is 0 Å². The van der Waals surface area contributed by atoms with Crippen molar-refractivity contribution in [2.24, 2.45) is 0 Å². The first-order valence-electron chi connectivity index (χ1n) is 8.08. The van der Waals surface area contributed by atoms with Crippen molar-refractivity contribution >= 4 is 33.2 Å². The zero-order chi connectivity index (χ0) is 19.6. The maximum Gasteiger partial charge on any atom is 0.312 e. The van der Waals surface area contributed by atoms with Crippen LogP contribution in [0.15, 0.2) is 41.1 Å². The molecular weight excluding hydrogens is 416 g/mol. The molecule has 0 radical (unpaired) electrons. The van der Waals surface area contributed by atoms with Gasteiger partial charge in [0.1, 0.15) is 17.9 Å². The number of carbonyl (C=O) groups excluding carboxylic acids is 1. The molecule has 0 aliphatic heterocycles. The Bertz CT molecular complexity index is 1010. The molecule has 0 atom stereocenters. The molecule has 2 heterocycles. The molecule has 27 heavy (non-hydrogen) atoms. The summed E-state index contributed by atoms with van der Waals surface area (Å²) >= 11 is 3.35. The lowest BCUT2D eigenvalue weighted by Gasteiger charge is -2.08. The first-order chi connectivity index (χ1) is 12.8. The summed E-state index contributed by atoms with van der Waals surface area (Å²) in [5.41, 5.74) is 2.20. The fraction of sp³-hybridized carbons (Fsp3) is 0.235. The summed E-state index contributed by atoms with van der Waals surface area (Å²) in [6.45, 7) is 3.60. The molecule has 0 aliphatic rings. The largest absolute Gasteiger partial charge is 0.324 e. The van der Waals surface area contributed by atoms with E-state index < -0.39 is 4.92 Å². The molecule has 3 rings (SSSR count). The van der Waals surface area contributed by atoms with Crippen molar-refractivity contribution in [3.8, 4) is 0 Å². The number of nitrogens with zero attached hydrogens (tertiary/aromatic N) is 5. The van der Waals surface area contributed by atoms with E-state index in [-0.39, 0.29) is 23.8 Å². The third-order valence-corrected chi connectivity index (χ3v) is 4.39. The third-order valence-electron chi connectivity index (χ3n) is 3.98. The van der Waals surface area contributed by atoms with Crippen molar-refractivity contribution in [2.75, 3.05) is 5.32 Å². The SMILES string of the molecule is Cc1nn(CC(=O)Nc2cccc(Cn3cc(Br)cn3)c2)c(C)c1[N+](=O)[O-]. The van der Waals surface area contributed by atoms with E-state index in [4.69, 9.17) is 0 Å². The van der Waals surface area contributed by atoms with Crippen LogP contribution in [-0.2, 0) is 17.9 Å². The molecule has 1 aromatic carbocycles. The number of hydrogen-bond donors (Lipinski definition) is 1. The number of aromatic nitrogens is 4. The van der Waals surface area contributed by atoms with Crippen molar-refractivity contribution in [3.63, 3.8) is 0 Å². The summed E-state index contributed by atoms with van der Waals surface area (Å²) < 4.78 is 4.01. The van der Waals surface area contributed by atoms with Crippen LogP contribution in [-0.4, -0.2) is 30.4 Å².